The molecule has 28 heavy (non-hydrogen) atoms. The molecule has 0 radical (unpaired) electrons. The number of ether oxygens (including phenoxy) is 1. The number of carbonyl (C=O) groups is 1. The van der Waals surface area contributed by atoms with E-state index in [1.165, 1.54) is 12.1 Å². The maximum atomic E-state index is 14.3. The fourth-order valence-corrected chi connectivity index (χ4v) is 3.90. The van der Waals surface area contributed by atoms with Crippen LogP contribution in [0.3, 0.4) is 0 Å². The van der Waals surface area contributed by atoms with Crippen LogP contribution in [-0.4, -0.2) is 31.8 Å². The van der Waals surface area contributed by atoms with E-state index < -0.39 is 20.0 Å². The molecule has 1 aromatic heterocycles. The monoisotopic (exact) mass is 425 g/mol. The zero-order valence-electron chi connectivity index (χ0n) is 17.2. The lowest BCUT2D eigenvalue weighted by molar-refractivity contribution is 0.102. The number of halogens is 1. The number of hydrogen-bond donors (Lipinski definition) is 2. The van der Waals surface area contributed by atoms with Crippen molar-refractivity contribution in [3.8, 4) is 5.75 Å². The highest BCUT2D eigenvalue weighted by Gasteiger charge is 2.36. The molecule has 0 bridgehead atoms. The molecule has 3 N–H and O–H groups in total. The molecule has 2 rings (SSSR count). The van der Waals surface area contributed by atoms with Crippen molar-refractivity contribution in [3.63, 3.8) is 0 Å². The molecule has 1 aromatic carbocycles. The summed E-state index contributed by atoms with van der Waals surface area (Å²) in [6.45, 7) is 13.1. The Morgan fingerprint density at radius 1 is 1.32 bits per heavy atom. The molecule has 0 saturated carbocycles. The molecular weight excluding hydrogens is 397 g/mol. The van der Waals surface area contributed by atoms with Crippen molar-refractivity contribution in [1.82, 2.24) is 4.37 Å². The number of nitrogens with two attached hydrogens (primary N) is 1. The standard InChI is InChI=1S/C19H28FN3O3SSi/c1-12-16(17(21)27-23-12)18(24)22-13-7-8-15(14(20)11-13)25-9-10-26-28(5,6)19(2,3)4/h7-8,11H,9-10,21H2,1-6H3,(H,22,24). The van der Waals surface area contributed by atoms with Crippen LogP contribution in [0.4, 0.5) is 15.1 Å². The van der Waals surface area contributed by atoms with Gasteiger partial charge in [-0.25, -0.2) is 4.39 Å². The van der Waals surface area contributed by atoms with E-state index in [1.54, 1.807) is 13.0 Å². The van der Waals surface area contributed by atoms with Gasteiger partial charge in [-0.2, -0.15) is 4.37 Å². The summed E-state index contributed by atoms with van der Waals surface area (Å²) >= 11 is 1.05. The lowest BCUT2D eigenvalue weighted by Crippen LogP contribution is -2.41. The number of nitrogens with zero attached hydrogens (tertiary/aromatic N) is 1. The molecule has 9 heteroatoms. The maximum Gasteiger partial charge on any atom is 0.260 e. The molecule has 1 heterocycles. The van der Waals surface area contributed by atoms with Gasteiger partial charge in [0.15, 0.2) is 19.9 Å². The number of aromatic nitrogens is 1. The van der Waals surface area contributed by atoms with Crippen LogP contribution in [0.2, 0.25) is 18.1 Å². The van der Waals surface area contributed by atoms with Crippen molar-refractivity contribution in [1.29, 1.82) is 0 Å². The molecule has 0 fully saturated rings. The Morgan fingerprint density at radius 2 is 2.00 bits per heavy atom. The Balaban J connectivity index is 1.93. The summed E-state index contributed by atoms with van der Waals surface area (Å²) in [5.74, 6) is -0.859. The fourth-order valence-electron chi connectivity index (χ4n) is 2.22. The fraction of sp³-hybridized carbons (Fsp3) is 0.474. The van der Waals surface area contributed by atoms with E-state index in [-0.39, 0.29) is 17.4 Å². The number of carbonyl (C=O) groups excluding carboxylic acids is 1. The quantitative estimate of drug-likeness (QED) is 0.490. The highest BCUT2D eigenvalue weighted by atomic mass is 32.1. The number of hydrogen-bond acceptors (Lipinski definition) is 6. The van der Waals surface area contributed by atoms with E-state index in [0.29, 0.717) is 28.6 Å². The minimum atomic E-state index is -1.86. The normalized spacial score (nSPS) is 12.1. The number of benzene rings is 1. The van der Waals surface area contributed by atoms with Gasteiger partial charge < -0.3 is 20.2 Å². The second-order valence-electron chi connectivity index (χ2n) is 8.06. The molecule has 0 aliphatic rings. The third kappa shape index (κ3) is 5.30. The Hall–Kier alpha value is -1.97. The molecule has 6 nitrogen and oxygen atoms in total. The van der Waals surface area contributed by atoms with Crippen molar-refractivity contribution in [3.05, 3.63) is 35.3 Å². The summed E-state index contributed by atoms with van der Waals surface area (Å²) in [5, 5.41) is 3.07. The van der Waals surface area contributed by atoms with Crippen LogP contribution in [-0.2, 0) is 4.43 Å². The molecule has 0 atom stereocenters. The number of aryl methyl sites for hydroxylation is 1. The summed E-state index contributed by atoms with van der Waals surface area (Å²) in [4.78, 5) is 12.3. The van der Waals surface area contributed by atoms with Gasteiger partial charge in [-0.3, -0.25) is 4.79 Å². The first-order chi connectivity index (χ1) is 12.9. The number of nitrogen functional groups attached to an aromatic ring is 1. The van der Waals surface area contributed by atoms with Gasteiger partial charge in [-0.15, -0.1) is 0 Å². The lowest BCUT2D eigenvalue weighted by atomic mass is 10.2. The molecule has 0 unspecified atom stereocenters. The Bertz CT molecular complexity index is 830. The Morgan fingerprint density at radius 3 is 2.54 bits per heavy atom. The largest absolute Gasteiger partial charge is 0.488 e. The van der Waals surface area contributed by atoms with Crippen LogP contribution < -0.4 is 15.8 Å². The second kappa shape index (κ2) is 8.58. The third-order valence-electron chi connectivity index (χ3n) is 4.92. The SMILES string of the molecule is Cc1nsc(N)c1C(=O)Nc1ccc(OCCO[Si](C)(C)C(C)(C)C)c(F)c1. The van der Waals surface area contributed by atoms with E-state index in [0.717, 1.165) is 11.5 Å². The highest BCUT2D eigenvalue weighted by molar-refractivity contribution is 7.10. The summed E-state index contributed by atoms with van der Waals surface area (Å²) in [6, 6.07) is 4.28. The summed E-state index contributed by atoms with van der Waals surface area (Å²) < 4.78 is 29.9. The maximum absolute atomic E-state index is 14.3. The van der Waals surface area contributed by atoms with Gasteiger partial charge in [-0.05, 0) is 48.7 Å². The smallest absolute Gasteiger partial charge is 0.260 e. The minimum absolute atomic E-state index is 0.109. The molecule has 0 saturated heterocycles. The molecule has 0 aliphatic heterocycles. The van der Waals surface area contributed by atoms with Crippen molar-refractivity contribution in [2.45, 2.75) is 45.8 Å². The van der Waals surface area contributed by atoms with E-state index in [2.05, 4.69) is 43.6 Å². The lowest BCUT2D eigenvalue weighted by Gasteiger charge is -2.36. The molecule has 0 aliphatic carbocycles. The van der Waals surface area contributed by atoms with E-state index in [9.17, 15) is 9.18 Å². The Kier molecular flexibility index (Phi) is 6.84. The van der Waals surface area contributed by atoms with Crippen LogP contribution in [0.25, 0.3) is 0 Å². The van der Waals surface area contributed by atoms with Gasteiger partial charge in [0, 0.05) is 11.8 Å². The predicted octanol–water partition coefficient (Wildman–Crippen LogP) is 4.83. The Labute approximate surface area is 170 Å². The zero-order chi connectivity index (χ0) is 21.1. The molecule has 2 aromatic rings. The van der Waals surface area contributed by atoms with Crippen molar-refractivity contribution < 1.29 is 18.3 Å². The van der Waals surface area contributed by atoms with Crippen molar-refractivity contribution >= 4 is 36.4 Å². The van der Waals surface area contributed by atoms with Crippen molar-refractivity contribution in [2.75, 3.05) is 24.3 Å². The van der Waals surface area contributed by atoms with E-state index in [4.69, 9.17) is 14.9 Å². The first kappa shape index (κ1) is 22.3. The summed E-state index contributed by atoms with van der Waals surface area (Å²) in [5.41, 5.74) is 6.94. The average Bonchev–Trinajstić information content (AvgIpc) is 2.91. The number of nitrogens with one attached hydrogen (secondary N) is 1. The van der Waals surface area contributed by atoms with Crippen LogP contribution in [0.15, 0.2) is 18.2 Å². The number of rotatable bonds is 7. The predicted molar refractivity (Wildman–Crippen MR) is 114 cm³/mol. The topological polar surface area (TPSA) is 86.5 Å². The molecular formula is C19H28FN3O3SSi. The first-order valence-electron chi connectivity index (χ1n) is 9.02. The van der Waals surface area contributed by atoms with Gasteiger partial charge in [0.25, 0.3) is 5.91 Å². The van der Waals surface area contributed by atoms with Gasteiger partial charge >= 0.3 is 0 Å². The van der Waals surface area contributed by atoms with E-state index in [1.807, 2.05) is 0 Å². The number of amides is 1. The van der Waals surface area contributed by atoms with Crippen LogP contribution in [0.1, 0.15) is 36.8 Å². The average molecular weight is 426 g/mol. The third-order valence-corrected chi connectivity index (χ3v) is 10.2. The molecule has 154 valence electrons. The van der Waals surface area contributed by atoms with Gasteiger partial charge in [0.1, 0.15) is 11.6 Å². The molecule has 0 spiro atoms. The van der Waals surface area contributed by atoms with Crippen LogP contribution in [0, 0.1) is 12.7 Å². The van der Waals surface area contributed by atoms with Crippen molar-refractivity contribution in [2.24, 2.45) is 0 Å². The van der Waals surface area contributed by atoms with Gasteiger partial charge in [-0.1, -0.05) is 20.8 Å². The van der Waals surface area contributed by atoms with Crippen LogP contribution >= 0.6 is 11.5 Å². The highest BCUT2D eigenvalue weighted by Crippen LogP contribution is 2.36. The van der Waals surface area contributed by atoms with Gasteiger partial charge in [0.2, 0.25) is 0 Å². The number of anilines is 2. The zero-order valence-corrected chi connectivity index (χ0v) is 19.0. The molecule has 1 amide bonds. The summed E-state index contributed by atoms with van der Waals surface area (Å²) in [6.07, 6.45) is 0. The first-order valence-corrected chi connectivity index (χ1v) is 12.7. The second-order valence-corrected chi connectivity index (χ2v) is 13.7. The summed E-state index contributed by atoms with van der Waals surface area (Å²) in [7, 11) is -1.86. The van der Waals surface area contributed by atoms with E-state index >= 15 is 0 Å². The van der Waals surface area contributed by atoms with Gasteiger partial charge in [0.05, 0.1) is 17.9 Å². The van der Waals surface area contributed by atoms with Crippen LogP contribution in [0.5, 0.6) is 5.75 Å². The minimum Gasteiger partial charge on any atom is -0.488 e.